The van der Waals surface area contributed by atoms with Gasteiger partial charge in [0.1, 0.15) is 5.45 Å². The van der Waals surface area contributed by atoms with E-state index in [9.17, 15) is 9.13 Å². The Bertz CT molecular complexity index is 517. The molecule has 19 heavy (non-hydrogen) atoms. The lowest BCUT2D eigenvalue weighted by Gasteiger charge is -2.09. The first kappa shape index (κ1) is 16.2. The van der Waals surface area contributed by atoms with Crippen molar-refractivity contribution < 1.29 is 28.7 Å². The molecular weight excluding hydrogens is 296 g/mol. The van der Waals surface area contributed by atoms with Gasteiger partial charge in [-0.15, -0.1) is 0 Å². The third-order valence-electron chi connectivity index (χ3n) is 2.11. The molecule has 0 aliphatic carbocycles. The maximum absolute atomic E-state index is 11.0. The van der Waals surface area contributed by atoms with Crippen molar-refractivity contribution >= 4 is 20.6 Å². The molecule has 1 aromatic heterocycles. The Hall–Kier alpha value is -0.820. The van der Waals surface area contributed by atoms with E-state index in [0.29, 0.717) is 13.0 Å². The molecule has 0 fully saturated rings. The Morgan fingerprint density at radius 1 is 1.26 bits per heavy atom. The summed E-state index contributed by atoms with van der Waals surface area (Å²) in [5.74, 6) is 0. The van der Waals surface area contributed by atoms with Gasteiger partial charge in [-0.05, 0) is 6.42 Å². The zero-order valence-electron chi connectivity index (χ0n) is 9.90. The Balaban J connectivity index is 2.58. The van der Waals surface area contributed by atoms with Crippen LogP contribution in [0, 0.1) is 0 Å². The predicted molar refractivity (Wildman–Crippen MR) is 68.1 cm³/mol. The Labute approximate surface area is 109 Å². The molecule has 0 spiro atoms. The molecule has 0 aliphatic heterocycles. The summed E-state index contributed by atoms with van der Waals surface area (Å²) in [6, 6.07) is 0. The molecule has 0 atom stereocenters. The third-order valence-corrected chi connectivity index (χ3v) is 4.04. The van der Waals surface area contributed by atoms with Crippen LogP contribution in [-0.2, 0) is 15.7 Å². The molecule has 108 valence electrons. The molecular formula is C8H15N3O6P2. The molecule has 1 rings (SSSR count). The summed E-state index contributed by atoms with van der Waals surface area (Å²) < 4.78 is 23.6. The van der Waals surface area contributed by atoms with Gasteiger partial charge in [-0.1, -0.05) is 0 Å². The Kier molecular flexibility index (Phi) is 5.61. The lowest BCUT2D eigenvalue weighted by molar-refractivity contribution is 0.374. The molecule has 1 aromatic rings. The number of aliphatic imine (C=N–C) groups is 1. The first-order chi connectivity index (χ1) is 8.68. The van der Waals surface area contributed by atoms with Gasteiger partial charge in [0.25, 0.3) is 0 Å². The van der Waals surface area contributed by atoms with Gasteiger partial charge in [0.15, 0.2) is 0 Å². The zero-order chi connectivity index (χ0) is 14.5. The van der Waals surface area contributed by atoms with Crippen molar-refractivity contribution in [3.63, 3.8) is 0 Å². The van der Waals surface area contributed by atoms with Crippen LogP contribution >= 0.6 is 15.2 Å². The highest BCUT2D eigenvalue weighted by atomic mass is 31.2. The lowest BCUT2D eigenvalue weighted by Crippen LogP contribution is -2.08. The standard InChI is InChI=1S/C8H15N3O6P2/c12-18(13,14)6-8(19(15,16)17)10-2-1-4-11-5-3-9-7-11/h3,5,7H,1-2,4,6H2,(H2,12,13,14)(H2,15,16,17). The number of rotatable bonds is 7. The number of aryl methyl sites for hydroxylation is 1. The molecule has 0 aliphatic rings. The van der Waals surface area contributed by atoms with Crippen LogP contribution in [0.5, 0.6) is 0 Å². The molecule has 11 heteroatoms. The molecule has 0 saturated heterocycles. The van der Waals surface area contributed by atoms with Gasteiger partial charge in [-0.25, -0.2) is 4.98 Å². The van der Waals surface area contributed by atoms with E-state index in [0.717, 1.165) is 0 Å². The second-order valence-electron chi connectivity index (χ2n) is 3.82. The highest BCUT2D eigenvalue weighted by molar-refractivity contribution is 7.73. The van der Waals surface area contributed by atoms with Gasteiger partial charge in [-0.2, -0.15) is 0 Å². The van der Waals surface area contributed by atoms with Crippen molar-refractivity contribution in [2.45, 2.75) is 13.0 Å². The summed E-state index contributed by atoms with van der Waals surface area (Å²) in [5, 5.41) is 0. The van der Waals surface area contributed by atoms with Gasteiger partial charge >= 0.3 is 15.2 Å². The summed E-state index contributed by atoms with van der Waals surface area (Å²) in [6.45, 7) is 0.618. The number of aromatic nitrogens is 2. The number of hydrogen-bond donors (Lipinski definition) is 4. The minimum Gasteiger partial charge on any atom is -0.337 e. The smallest absolute Gasteiger partial charge is 0.337 e. The van der Waals surface area contributed by atoms with Crippen LogP contribution in [0.25, 0.3) is 0 Å². The molecule has 4 N–H and O–H groups in total. The van der Waals surface area contributed by atoms with E-state index in [1.54, 1.807) is 23.3 Å². The van der Waals surface area contributed by atoms with Crippen LogP contribution in [0.2, 0.25) is 0 Å². The molecule has 0 aromatic carbocycles. The minimum absolute atomic E-state index is 0.0681. The highest BCUT2D eigenvalue weighted by Crippen LogP contribution is 2.45. The monoisotopic (exact) mass is 311 g/mol. The molecule has 0 amide bonds. The second kappa shape index (κ2) is 6.56. The average molecular weight is 311 g/mol. The van der Waals surface area contributed by atoms with Crippen LogP contribution in [0.1, 0.15) is 6.42 Å². The zero-order valence-corrected chi connectivity index (χ0v) is 11.7. The fourth-order valence-electron chi connectivity index (χ4n) is 1.30. The van der Waals surface area contributed by atoms with E-state index in [1.165, 1.54) is 0 Å². The van der Waals surface area contributed by atoms with E-state index in [1.807, 2.05) is 0 Å². The number of hydrogen-bond acceptors (Lipinski definition) is 4. The molecule has 0 bridgehead atoms. The SMILES string of the molecule is O=P(O)(O)CC(=NCCCn1ccnc1)P(=O)(O)O. The molecule has 9 nitrogen and oxygen atoms in total. The van der Waals surface area contributed by atoms with Crippen molar-refractivity contribution in [3.8, 4) is 0 Å². The van der Waals surface area contributed by atoms with Crippen molar-refractivity contribution in [3.05, 3.63) is 18.7 Å². The average Bonchev–Trinajstić information content (AvgIpc) is 2.72. The first-order valence-electron chi connectivity index (χ1n) is 5.28. The van der Waals surface area contributed by atoms with E-state index >= 15 is 0 Å². The lowest BCUT2D eigenvalue weighted by atomic mass is 10.4. The van der Waals surface area contributed by atoms with Crippen LogP contribution < -0.4 is 0 Å². The van der Waals surface area contributed by atoms with Crippen molar-refractivity contribution in [2.24, 2.45) is 4.99 Å². The molecule has 0 radical (unpaired) electrons. The largest absolute Gasteiger partial charge is 0.370 e. The first-order valence-corrected chi connectivity index (χ1v) is 8.69. The predicted octanol–water partition coefficient (Wildman–Crippen LogP) is 0.0271. The highest BCUT2D eigenvalue weighted by Gasteiger charge is 2.29. The molecule has 0 saturated carbocycles. The van der Waals surface area contributed by atoms with Gasteiger partial charge in [0, 0.05) is 25.5 Å². The third kappa shape index (κ3) is 6.77. The quantitative estimate of drug-likeness (QED) is 0.315. The van der Waals surface area contributed by atoms with E-state index in [-0.39, 0.29) is 6.54 Å². The summed E-state index contributed by atoms with van der Waals surface area (Å²) in [4.78, 5) is 42.8. The summed E-state index contributed by atoms with van der Waals surface area (Å²) in [5.41, 5.74) is -0.758. The van der Waals surface area contributed by atoms with Gasteiger partial charge in [0.2, 0.25) is 0 Å². The number of nitrogens with zero attached hydrogens (tertiary/aromatic N) is 3. The summed E-state index contributed by atoms with van der Waals surface area (Å²) in [6.07, 6.45) is 4.36. The minimum atomic E-state index is -4.73. The fourth-order valence-corrected chi connectivity index (χ4v) is 3.34. The maximum Gasteiger partial charge on any atom is 0.370 e. The van der Waals surface area contributed by atoms with Crippen LogP contribution in [0.15, 0.2) is 23.7 Å². The van der Waals surface area contributed by atoms with Gasteiger partial charge < -0.3 is 24.1 Å². The van der Waals surface area contributed by atoms with Crippen molar-refractivity contribution in [1.82, 2.24) is 9.55 Å². The molecule has 1 heterocycles. The fraction of sp³-hybridized carbons (Fsp3) is 0.500. The molecule has 0 unspecified atom stereocenters. The van der Waals surface area contributed by atoms with Crippen LogP contribution in [0.3, 0.4) is 0 Å². The van der Waals surface area contributed by atoms with E-state index < -0.39 is 26.8 Å². The Morgan fingerprint density at radius 3 is 2.42 bits per heavy atom. The van der Waals surface area contributed by atoms with Crippen LogP contribution in [-0.4, -0.2) is 47.3 Å². The van der Waals surface area contributed by atoms with Crippen molar-refractivity contribution in [1.29, 1.82) is 0 Å². The van der Waals surface area contributed by atoms with Crippen molar-refractivity contribution in [2.75, 3.05) is 12.7 Å². The topological polar surface area (TPSA) is 145 Å². The second-order valence-corrected chi connectivity index (χ2v) is 7.07. The van der Waals surface area contributed by atoms with E-state index in [2.05, 4.69) is 9.98 Å². The Morgan fingerprint density at radius 2 is 1.95 bits per heavy atom. The summed E-state index contributed by atoms with van der Waals surface area (Å²) >= 11 is 0. The normalized spacial score (nSPS) is 13.8. The van der Waals surface area contributed by atoms with Crippen LogP contribution in [0.4, 0.5) is 0 Å². The van der Waals surface area contributed by atoms with E-state index in [4.69, 9.17) is 19.6 Å². The number of imidazole rings is 1. The van der Waals surface area contributed by atoms with Gasteiger partial charge in [-0.3, -0.25) is 14.1 Å². The van der Waals surface area contributed by atoms with Gasteiger partial charge in [0.05, 0.1) is 12.5 Å². The maximum atomic E-state index is 11.0. The summed E-state index contributed by atoms with van der Waals surface area (Å²) in [7, 11) is -9.29.